The summed E-state index contributed by atoms with van der Waals surface area (Å²) in [6.07, 6.45) is 1.84. The van der Waals surface area contributed by atoms with E-state index >= 15 is 0 Å². The van der Waals surface area contributed by atoms with Gasteiger partial charge in [-0.25, -0.2) is 4.98 Å². The van der Waals surface area contributed by atoms with E-state index in [1.54, 1.807) is 0 Å². The summed E-state index contributed by atoms with van der Waals surface area (Å²) >= 11 is 7.28. The molecule has 0 saturated heterocycles. The number of nitrogens with two attached hydrogens (primary N) is 1. The molecule has 1 aromatic heterocycles. The van der Waals surface area contributed by atoms with Crippen LogP contribution in [0.4, 0.5) is 5.13 Å². The first kappa shape index (κ1) is 17.6. The van der Waals surface area contributed by atoms with E-state index in [2.05, 4.69) is 4.98 Å². The van der Waals surface area contributed by atoms with Crippen LogP contribution in [0, 0.1) is 0 Å². The Labute approximate surface area is 156 Å². The molecule has 0 saturated carbocycles. The van der Waals surface area contributed by atoms with Crippen LogP contribution in [0.5, 0.6) is 11.5 Å². The van der Waals surface area contributed by atoms with Crippen LogP contribution < -0.4 is 15.2 Å². The Bertz CT molecular complexity index is 805. The van der Waals surface area contributed by atoms with Crippen molar-refractivity contribution in [2.45, 2.75) is 12.8 Å². The smallest absolute Gasteiger partial charge is 0.180 e. The van der Waals surface area contributed by atoms with Gasteiger partial charge in [-0.2, -0.15) is 0 Å². The second-order valence-corrected chi connectivity index (χ2v) is 6.78. The van der Waals surface area contributed by atoms with Crippen molar-refractivity contribution < 1.29 is 9.47 Å². The molecule has 0 aliphatic heterocycles. The number of rotatable bonds is 8. The molecule has 130 valence electrons. The number of hydrogen-bond donors (Lipinski definition) is 1. The highest BCUT2D eigenvalue weighted by atomic mass is 35.5. The number of halogens is 1. The lowest BCUT2D eigenvalue weighted by Gasteiger charge is -2.08. The summed E-state index contributed by atoms with van der Waals surface area (Å²) in [5.74, 6) is 1.67. The van der Waals surface area contributed by atoms with Gasteiger partial charge in [0.15, 0.2) is 5.13 Å². The number of ether oxygens (including phenoxy) is 2. The molecule has 6 heteroatoms. The molecule has 0 aliphatic rings. The van der Waals surface area contributed by atoms with Crippen LogP contribution in [-0.2, 0) is 0 Å². The maximum Gasteiger partial charge on any atom is 0.180 e. The number of nitrogen functional groups attached to an aromatic ring is 1. The first-order valence-electron chi connectivity index (χ1n) is 8.03. The molecular weight excluding hydrogens is 356 g/mol. The summed E-state index contributed by atoms with van der Waals surface area (Å²) in [5, 5.41) is 3.23. The van der Waals surface area contributed by atoms with E-state index < -0.39 is 0 Å². The van der Waals surface area contributed by atoms with E-state index in [-0.39, 0.29) is 0 Å². The third kappa shape index (κ3) is 5.37. The summed E-state index contributed by atoms with van der Waals surface area (Å²) in [6, 6.07) is 15.3. The molecule has 0 spiro atoms. The molecule has 4 nitrogen and oxygen atoms in total. The van der Waals surface area contributed by atoms with E-state index in [4.69, 9.17) is 26.8 Å². The molecule has 0 aliphatic carbocycles. The predicted octanol–water partition coefficient (Wildman–Crippen LogP) is 5.28. The van der Waals surface area contributed by atoms with E-state index in [1.807, 2.05) is 53.9 Å². The minimum atomic E-state index is 0.571. The molecule has 2 aromatic carbocycles. The fourth-order valence-corrected chi connectivity index (χ4v) is 2.98. The van der Waals surface area contributed by atoms with Gasteiger partial charge in [0.2, 0.25) is 0 Å². The molecule has 0 bridgehead atoms. The van der Waals surface area contributed by atoms with Crippen molar-refractivity contribution in [3.8, 4) is 22.8 Å². The van der Waals surface area contributed by atoms with Crippen LogP contribution in [0.3, 0.4) is 0 Å². The predicted molar refractivity (Wildman–Crippen MR) is 104 cm³/mol. The number of nitrogens with zero attached hydrogens (tertiary/aromatic N) is 1. The Balaban J connectivity index is 1.39. The van der Waals surface area contributed by atoms with E-state index in [9.17, 15) is 0 Å². The number of unbranched alkanes of at least 4 members (excludes halogenated alkanes) is 1. The van der Waals surface area contributed by atoms with Crippen molar-refractivity contribution in [3.63, 3.8) is 0 Å². The molecule has 0 atom stereocenters. The van der Waals surface area contributed by atoms with Gasteiger partial charge in [0.1, 0.15) is 11.5 Å². The maximum absolute atomic E-state index is 5.84. The molecule has 0 radical (unpaired) electrons. The lowest BCUT2D eigenvalue weighted by Crippen LogP contribution is -2.02. The Morgan fingerprint density at radius 2 is 1.68 bits per heavy atom. The van der Waals surface area contributed by atoms with Crippen molar-refractivity contribution in [1.82, 2.24) is 4.98 Å². The second-order valence-electron chi connectivity index (χ2n) is 5.46. The monoisotopic (exact) mass is 374 g/mol. The Hall–Kier alpha value is -2.24. The van der Waals surface area contributed by atoms with Crippen molar-refractivity contribution in [3.05, 3.63) is 58.9 Å². The lowest BCUT2D eigenvalue weighted by molar-refractivity contribution is 0.266. The fraction of sp³-hybridized carbons (Fsp3) is 0.211. The zero-order chi connectivity index (χ0) is 17.5. The fourth-order valence-electron chi connectivity index (χ4n) is 2.28. The molecule has 0 fully saturated rings. The SMILES string of the molecule is Nc1nc(-c2cccc(OCCCCOc3ccc(Cl)cc3)c2)cs1. The standard InChI is InChI=1S/C19H19ClN2O2S/c20-15-6-8-16(9-7-15)23-10-1-2-11-24-17-5-3-4-14(12-17)18-13-25-19(21)22-18/h3-9,12-13H,1-2,10-11H2,(H2,21,22). The summed E-state index contributed by atoms with van der Waals surface area (Å²) < 4.78 is 11.5. The number of aromatic nitrogens is 1. The van der Waals surface area contributed by atoms with Gasteiger partial charge in [0.25, 0.3) is 0 Å². The zero-order valence-electron chi connectivity index (χ0n) is 13.7. The third-order valence-corrected chi connectivity index (χ3v) is 4.47. The average Bonchev–Trinajstić information content (AvgIpc) is 3.06. The number of thiazole rings is 1. The highest BCUT2D eigenvalue weighted by Gasteiger charge is 2.04. The van der Waals surface area contributed by atoms with Gasteiger partial charge in [-0.3, -0.25) is 0 Å². The van der Waals surface area contributed by atoms with Crippen LogP contribution in [0.1, 0.15) is 12.8 Å². The van der Waals surface area contributed by atoms with E-state index in [1.165, 1.54) is 11.3 Å². The lowest BCUT2D eigenvalue weighted by atomic mass is 10.2. The number of anilines is 1. The van der Waals surface area contributed by atoms with Gasteiger partial charge in [0.05, 0.1) is 18.9 Å². The zero-order valence-corrected chi connectivity index (χ0v) is 15.2. The molecule has 3 rings (SSSR count). The van der Waals surface area contributed by atoms with E-state index in [0.29, 0.717) is 23.4 Å². The van der Waals surface area contributed by atoms with Gasteiger partial charge in [-0.15, -0.1) is 11.3 Å². The molecule has 3 aromatic rings. The summed E-state index contributed by atoms with van der Waals surface area (Å²) in [6.45, 7) is 1.30. The van der Waals surface area contributed by atoms with Crippen LogP contribution >= 0.6 is 22.9 Å². The van der Waals surface area contributed by atoms with Crippen LogP contribution in [0.15, 0.2) is 53.9 Å². The Morgan fingerprint density at radius 1 is 0.960 bits per heavy atom. The van der Waals surface area contributed by atoms with Crippen LogP contribution in [-0.4, -0.2) is 18.2 Å². The van der Waals surface area contributed by atoms with Gasteiger partial charge in [-0.05, 0) is 49.2 Å². The average molecular weight is 375 g/mol. The first-order chi connectivity index (χ1) is 12.2. The highest BCUT2D eigenvalue weighted by molar-refractivity contribution is 7.13. The first-order valence-corrected chi connectivity index (χ1v) is 9.29. The van der Waals surface area contributed by atoms with Gasteiger partial charge in [0, 0.05) is 16.0 Å². The second kappa shape index (κ2) is 8.74. The highest BCUT2D eigenvalue weighted by Crippen LogP contribution is 2.26. The summed E-state index contributed by atoms with van der Waals surface area (Å²) in [4.78, 5) is 4.29. The largest absolute Gasteiger partial charge is 0.494 e. The Kier molecular flexibility index (Phi) is 6.14. The number of benzene rings is 2. The summed E-state index contributed by atoms with van der Waals surface area (Å²) in [7, 11) is 0. The Morgan fingerprint density at radius 3 is 2.36 bits per heavy atom. The molecular formula is C19H19ClN2O2S. The number of hydrogen-bond acceptors (Lipinski definition) is 5. The van der Waals surface area contributed by atoms with Crippen molar-refractivity contribution in [2.75, 3.05) is 18.9 Å². The molecule has 25 heavy (non-hydrogen) atoms. The minimum absolute atomic E-state index is 0.571. The quantitative estimate of drug-likeness (QED) is 0.544. The van der Waals surface area contributed by atoms with Crippen LogP contribution in [0.25, 0.3) is 11.3 Å². The maximum atomic E-state index is 5.84. The van der Waals surface area contributed by atoms with Gasteiger partial charge >= 0.3 is 0 Å². The molecule has 0 unspecified atom stereocenters. The van der Waals surface area contributed by atoms with Gasteiger partial charge < -0.3 is 15.2 Å². The third-order valence-electron chi connectivity index (χ3n) is 3.54. The minimum Gasteiger partial charge on any atom is -0.494 e. The molecule has 2 N–H and O–H groups in total. The molecule has 0 amide bonds. The van der Waals surface area contributed by atoms with E-state index in [0.717, 1.165) is 35.6 Å². The normalized spacial score (nSPS) is 10.6. The topological polar surface area (TPSA) is 57.4 Å². The van der Waals surface area contributed by atoms with Crippen molar-refractivity contribution in [2.24, 2.45) is 0 Å². The summed E-state index contributed by atoms with van der Waals surface area (Å²) in [5.41, 5.74) is 7.58. The van der Waals surface area contributed by atoms with Crippen LogP contribution in [0.2, 0.25) is 5.02 Å². The van der Waals surface area contributed by atoms with Crippen molar-refractivity contribution >= 4 is 28.1 Å². The molecule has 1 heterocycles. The van der Waals surface area contributed by atoms with Crippen molar-refractivity contribution in [1.29, 1.82) is 0 Å². The van der Waals surface area contributed by atoms with Gasteiger partial charge in [-0.1, -0.05) is 23.7 Å².